The second-order valence-corrected chi connectivity index (χ2v) is 15.1. The van der Waals surface area contributed by atoms with E-state index in [9.17, 15) is 39.5 Å². The van der Waals surface area contributed by atoms with Crippen molar-refractivity contribution in [2.75, 3.05) is 24.7 Å². The van der Waals surface area contributed by atoms with E-state index in [0.29, 0.717) is 28.0 Å². The van der Waals surface area contributed by atoms with E-state index in [1.54, 1.807) is 77.7 Å². The molecule has 0 radical (unpaired) electrons. The smallest absolute Gasteiger partial charge is 0.421 e. The first-order valence-electron chi connectivity index (χ1n) is 20.0. The summed E-state index contributed by atoms with van der Waals surface area (Å²) in [6.07, 6.45) is -2.20. The number of hydrogen-bond acceptors (Lipinski definition) is 12. The number of benzene rings is 5. The Hall–Kier alpha value is -8.07. The number of nitrogens with one attached hydrogen (secondary N) is 1. The van der Waals surface area contributed by atoms with Gasteiger partial charge < -0.3 is 35.5 Å². The lowest BCUT2D eigenvalue weighted by Gasteiger charge is -2.46. The molecule has 6 unspecified atom stereocenters. The number of hydrogen-bond donors (Lipinski definition) is 4. The molecule has 17 nitrogen and oxygen atoms in total. The normalized spacial score (nSPS) is 22.1. The number of nitrogens with two attached hydrogens (primary N) is 1. The molecule has 2 saturated heterocycles. The highest BCUT2D eigenvalue weighted by Crippen LogP contribution is 2.66. The minimum absolute atomic E-state index is 0.0236. The number of carboxylic acid groups (broad SMARTS) is 1. The Morgan fingerprint density at radius 1 is 0.875 bits per heavy atom. The van der Waals surface area contributed by atoms with Gasteiger partial charge in [0.2, 0.25) is 5.91 Å². The maximum Gasteiger partial charge on any atom is 0.421 e. The zero-order valence-electron chi connectivity index (χ0n) is 33.7. The first-order chi connectivity index (χ1) is 30.9. The standard InChI is InChI=1S/C47H39N5O12/c48-45(58)49-23-7-8-28-15-22-36-35(26-28)47(44(57)50(36)46(59)63-27-29-13-18-33(19-14-29)52(60)61)37(42(54)55)39-43(56)64-40(31-11-5-2-6-12-31)38(30-9-3-1-4-10-30)51(39)41(47)32-16-20-34(21-17-32)62-25-24-53/h1-6,9-22,26,37-41,53H,23-25,27H2,(H,54,55)(H3,48,49,58). The number of carbonyl (C=O) groups excluding carboxylic acids is 4. The van der Waals surface area contributed by atoms with Crippen LogP contribution in [0.1, 0.15) is 51.6 Å². The topological polar surface area (TPSA) is 241 Å². The number of fused-ring (bicyclic) bond motifs is 3. The molecule has 3 aliphatic heterocycles. The molecule has 3 aliphatic rings. The average Bonchev–Trinajstić information content (AvgIpc) is 3.76. The minimum Gasteiger partial charge on any atom is -0.491 e. The summed E-state index contributed by atoms with van der Waals surface area (Å²) < 4.78 is 17.7. The Balaban J connectivity index is 1.37. The van der Waals surface area contributed by atoms with Crippen LogP contribution < -0.4 is 20.7 Å². The summed E-state index contributed by atoms with van der Waals surface area (Å²) in [4.78, 5) is 83.9. The molecule has 4 amide bonds. The molecule has 324 valence electrons. The van der Waals surface area contributed by atoms with Crippen LogP contribution in [0.4, 0.5) is 21.0 Å². The SMILES string of the molecule is NC(=O)NCC#Cc1ccc2c(c1)C1(C(=O)N2C(=O)OCc2ccc([N+](=O)[O-])cc2)C(C(=O)O)C2C(=O)OC(c3ccccc3)C(c3ccccc3)N2C1c1ccc(OCCO)cc1. The quantitative estimate of drug-likeness (QED) is 0.0588. The second-order valence-electron chi connectivity index (χ2n) is 15.1. The summed E-state index contributed by atoms with van der Waals surface area (Å²) in [6.45, 7) is -0.860. The van der Waals surface area contributed by atoms with Gasteiger partial charge in [0.25, 0.3) is 5.69 Å². The molecular weight excluding hydrogens is 827 g/mol. The Morgan fingerprint density at radius 2 is 1.55 bits per heavy atom. The summed E-state index contributed by atoms with van der Waals surface area (Å²) in [5.74, 6) is 0.672. The van der Waals surface area contributed by atoms with E-state index < -0.39 is 77.1 Å². The number of imide groups is 1. The van der Waals surface area contributed by atoms with Crippen molar-refractivity contribution in [3.8, 4) is 17.6 Å². The number of aliphatic hydroxyl groups excluding tert-OH is 1. The highest BCUT2D eigenvalue weighted by atomic mass is 16.6. The van der Waals surface area contributed by atoms with E-state index >= 15 is 4.79 Å². The van der Waals surface area contributed by atoms with Crippen LogP contribution in [0.3, 0.4) is 0 Å². The number of ether oxygens (including phenoxy) is 3. The van der Waals surface area contributed by atoms with Gasteiger partial charge in [-0.3, -0.25) is 29.4 Å². The predicted octanol–water partition coefficient (Wildman–Crippen LogP) is 5.07. The Labute approximate surface area is 365 Å². The summed E-state index contributed by atoms with van der Waals surface area (Å²) in [5, 5.41) is 34.6. The van der Waals surface area contributed by atoms with Crippen molar-refractivity contribution in [2.45, 2.75) is 36.3 Å². The fourth-order valence-electron chi connectivity index (χ4n) is 9.06. The molecular formula is C47H39N5O12. The monoisotopic (exact) mass is 865 g/mol. The molecule has 0 aromatic heterocycles. The number of rotatable bonds is 11. The number of cyclic esters (lactones) is 1. The van der Waals surface area contributed by atoms with Crippen molar-refractivity contribution in [3.05, 3.63) is 171 Å². The zero-order valence-corrected chi connectivity index (χ0v) is 33.7. The number of esters is 1. The third kappa shape index (κ3) is 7.61. The number of anilines is 1. The molecule has 64 heavy (non-hydrogen) atoms. The molecule has 0 aliphatic carbocycles. The number of non-ortho nitro benzene ring substituents is 1. The van der Waals surface area contributed by atoms with E-state index in [2.05, 4.69) is 17.2 Å². The van der Waals surface area contributed by atoms with Gasteiger partial charge in [0.05, 0.1) is 35.8 Å². The van der Waals surface area contributed by atoms with Gasteiger partial charge in [-0.05, 0) is 70.3 Å². The third-order valence-corrected chi connectivity index (χ3v) is 11.6. The third-order valence-electron chi connectivity index (χ3n) is 11.6. The number of carboxylic acids is 1. The van der Waals surface area contributed by atoms with Gasteiger partial charge in [-0.15, -0.1) is 0 Å². The van der Waals surface area contributed by atoms with Crippen LogP contribution in [0.2, 0.25) is 0 Å². The van der Waals surface area contributed by atoms with Gasteiger partial charge >= 0.3 is 24.1 Å². The largest absolute Gasteiger partial charge is 0.491 e. The molecule has 17 heteroatoms. The van der Waals surface area contributed by atoms with Crippen molar-refractivity contribution in [3.63, 3.8) is 0 Å². The van der Waals surface area contributed by atoms with Crippen LogP contribution in [-0.2, 0) is 35.9 Å². The fraction of sp³-hybridized carbons (Fsp3) is 0.213. The minimum atomic E-state index is -2.29. The first-order valence-corrected chi connectivity index (χ1v) is 20.0. The number of urea groups is 1. The van der Waals surface area contributed by atoms with Crippen molar-refractivity contribution in [1.29, 1.82) is 0 Å². The van der Waals surface area contributed by atoms with Gasteiger partial charge in [0, 0.05) is 17.7 Å². The van der Waals surface area contributed by atoms with Crippen molar-refractivity contribution in [1.82, 2.24) is 10.2 Å². The molecule has 8 rings (SSSR count). The van der Waals surface area contributed by atoms with E-state index in [4.69, 9.17) is 19.9 Å². The molecule has 1 spiro atoms. The second kappa shape index (κ2) is 17.7. The number of aliphatic hydroxyl groups is 1. The highest BCUT2D eigenvalue weighted by molar-refractivity contribution is 6.23. The Kier molecular flexibility index (Phi) is 11.8. The molecule has 5 aromatic rings. The summed E-state index contributed by atoms with van der Waals surface area (Å²) in [7, 11) is 0. The molecule has 0 saturated carbocycles. The first kappa shape index (κ1) is 42.6. The van der Waals surface area contributed by atoms with Gasteiger partial charge in [-0.25, -0.2) is 14.5 Å². The van der Waals surface area contributed by atoms with Crippen LogP contribution in [0.25, 0.3) is 0 Å². The number of nitro benzene ring substituents is 1. The maximum absolute atomic E-state index is 15.9. The zero-order chi connectivity index (χ0) is 45.1. The number of nitro groups is 1. The predicted molar refractivity (Wildman–Crippen MR) is 226 cm³/mol. The Morgan fingerprint density at radius 3 is 2.17 bits per heavy atom. The molecule has 6 atom stereocenters. The van der Waals surface area contributed by atoms with Crippen LogP contribution in [0.15, 0.2) is 127 Å². The van der Waals surface area contributed by atoms with E-state index in [1.165, 1.54) is 42.5 Å². The highest BCUT2D eigenvalue weighted by Gasteiger charge is 2.76. The van der Waals surface area contributed by atoms with Crippen LogP contribution in [0.5, 0.6) is 5.75 Å². The lowest BCUT2D eigenvalue weighted by molar-refractivity contribution is -0.384. The summed E-state index contributed by atoms with van der Waals surface area (Å²) in [6, 6.07) is 29.4. The number of aliphatic carboxylic acids is 1. The lowest BCUT2D eigenvalue weighted by atomic mass is 9.65. The molecule has 5 N–H and O–H groups in total. The van der Waals surface area contributed by atoms with E-state index in [-0.39, 0.29) is 42.3 Å². The average molecular weight is 866 g/mol. The maximum atomic E-state index is 15.9. The van der Waals surface area contributed by atoms with Gasteiger partial charge in [0.1, 0.15) is 42.4 Å². The molecule has 0 bridgehead atoms. The number of carbonyl (C=O) groups is 5. The molecule has 5 aromatic carbocycles. The number of nitrogens with zero attached hydrogens (tertiary/aromatic N) is 3. The van der Waals surface area contributed by atoms with E-state index in [0.717, 1.165) is 4.90 Å². The summed E-state index contributed by atoms with van der Waals surface area (Å²) in [5.41, 5.74) is 4.99. The summed E-state index contributed by atoms with van der Waals surface area (Å²) >= 11 is 0. The van der Waals surface area contributed by atoms with Gasteiger partial charge in [-0.2, -0.15) is 0 Å². The molecule has 3 heterocycles. The van der Waals surface area contributed by atoms with Gasteiger partial charge in [0.15, 0.2) is 0 Å². The van der Waals surface area contributed by atoms with Gasteiger partial charge in [-0.1, -0.05) is 84.6 Å². The van der Waals surface area contributed by atoms with Crippen molar-refractivity contribution in [2.24, 2.45) is 11.7 Å². The Bertz CT molecular complexity index is 2690. The number of morpholine rings is 1. The van der Waals surface area contributed by atoms with Crippen LogP contribution in [-0.4, -0.2) is 75.8 Å². The number of amides is 4. The van der Waals surface area contributed by atoms with Crippen LogP contribution in [0, 0.1) is 27.9 Å². The molecule has 2 fully saturated rings. The van der Waals surface area contributed by atoms with Crippen molar-refractivity contribution >= 4 is 41.3 Å². The number of primary amides is 1. The fourth-order valence-corrected chi connectivity index (χ4v) is 9.06. The van der Waals surface area contributed by atoms with E-state index in [1.807, 2.05) is 12.1 Å². The lowest BCUT2D eigenvalue weighted by Crippen LogP contribution is -2.53. The van der Waals surface area contributed by atoms with Crippen LogP contribution >= 0.6 is 0 Å². The van der Waals surface area contributed by atoms with Crippen molar-refractivity contribution < 1.29 is 53.3 Å².